The van der Waals surface area contributed by atoms with Gasteiger partial charge in [0.05, 0.1) is 31.6 Å². The molecule has 0 radical (unpaired) electrons. The van der Waals surface area contributed by atoms with Gasteiger partial charge in [-0.05, 0) is 55.2 Å². The van der Waals surface area contributed by atoms with Crippen LogP contribution in [0.3, 0.4) is 0 Å². The standard InChI is InChI=1S/C28H35N5O6S/c34-25-19-33(40(37,38)20-21-4-3-11-29-18-21)24-10-13-32(27(24)25)26(35)5-1-2-12-30-28(36)22-6-8-23(9-7-22)31-14-16-39-17-15-31/h3-4,6-9,11,18,24,27H,1-2,5,10,12-17,19-20H2,(H,30,36). The molecule has 3 saturated heterocycles. The van der Waals surface area contributed by atoms with E-state index in [0.717, 1.165) is 18.8 Å². The first-order chi connectivity index (χ1) is 19.3. The van der Waals surface area contributed by atoms with Crippen molar-refractivity contribution < 1.29 is 27.5 Å². The van der Waals surface area contributed by atoms with Crippen LogP contribution in [-0.4, -0.2) is 98.2 Å². The van der Waals surface area contributed by atoms with Crippen LogP contribution in [-0.2, 0) is 30.1 Å². The van der Waals surface area contributed by atoms with E-state index in [1.807, 2.05) is 24.3 Å². The highest BCUT2D eigenvalue weighted by Gasteiger charge is 2.53. The lowest BCUT2D eigenvalue weighted by atomic mass is 10.1. The molecular formula is C28H35N5O6S. The predicted octanol–water partition coefficient (Wildman–Crippen LogP) is 1.20. The number of ether oxygens (including phenoxy) is 1. The molecule has 3 fully saturated rings. The minimum Gasteiger partial charge on any atom is -0.378 e. The van der Waals surface area contributed by atoms with Crippen molar-refractivity contribution in [2.75, 3.05) is 50.8 Å². The van der Waals surface area contributed by atoms with Gasteiger partial charge in [0, 0.05) is 56.2 Å². The third-order valence-electron chi connectivity index (χ3n) is 7.74. The molecule has 3 aliphatic rings. The summed E-state index contributed by atoms with van der Waals surface area (Å²) in [5, 5.41) is 2.90. The lowest BCUT2D eigenvalue weighted by molar-refractivity contribution is -0.136. The van der Waals surface area contributed by atoms with E-state index in [-0.39, 0.29) is 36.3 Å². The van der Waals surface area contributed by atoms with Gasteiger partial charge in [-0.1, -0.05) is 6.07 Å². The average Bonchev–Trinajstić information content (AvgIpc) is 3.55. The number of nitrogens with one attached hydrogen (secondary N) is 1. The van der Waals surface area contributed by atoms with E-state index in [4.69, 9.17) is 4.74 Å². The van der Waals surface area contributed by atoms with Crippen LogP contribution in [0.25, 0.3) is 0 Å². The molecule has 1 aromatic heterocycles. The first-order valence-corrected chi connectivity index (χ1v) is 15.4. The first kappa shape index (κ1) is 28.2. The van der Waals surface area contributed by atoms with E-state index in [9.17, 15) is 22.8 Å². The first-order valence-electron chi connectivity index (χ1n) is 13.7. The average molecular weight is 570 g/mol. The second-order valence-electron chi connectivity index (χ2n) is 10.4. The number of ketones is 1. The fourth-order valence-electron chi connectivity index (χ4n) is 5.69. The number of anilines is 1. The number of nitrogens with zero attached hydrogens (tertiary/aromatic N) is 4. The van der Waals surface area contributed by atoms with Crippen LogP contribution in [0.15, 0.2) is 48.8 Å². The van der Waals surface area contributed by atoms with Crippen LogP contribution < -0.4 is 10.2 Å². The second kappa shape index (κ2) is 12.4. The minimum atomic E-state index is -3.73. The number of rotatable bonds is 10. The molecule has 3 aliphatic heterocycles. The third-order valence-corrected chi connectivity index (χ3v) is 9.55. The van der Waals surface area contributed by atoms with Gasteiger partial charge in [-0.3, -0.25) is 19.4 Å². The highest BCUT2D eigenvalue weighted by Crippen LogP contribution is 2.33. The van der Waals surface area contributed by atoms with E-state index in [1.165, 1.54) is 10.5 Å². The van der Waals surface area contributed by atoms with Gasteiger partial charge in [0.25, 0.3) is 5.91 Å². The second-order valence-corrected chi connectivity index (χ2v) is 12.3. The quantitative estimate of drug-likeness (QED) is 0.423. The van der Waals surface area contributed by atoms with Gasteiger partial charge < -0.3 is 19.9 Å². The molecule has 2 unspecified atom stereocenters. The molecule has 5 rings (SSSR count). The number of morpholine rings is 1. The molecule has 0 aliphatic carbocycles. The van der Waals surface area contributed by atoms with Crippen molar-refractivity contribution in [3.05, 3.63) is 59.9 Å². The molecule has 11 nitrogen and oxygen atoms in total. The number of amides is 2. The van der Waals surface area contributed by atoms with Crippen molar-refractivity contribution >= 4 is 33.3 Å². The molecule has 2 aromatic rings. The zero-order valence-electron chi connectivity index (χ0n) is 22.4. The highest BCUT2D eigenvalue weighted by molar-refractivity contribution is 7.88. The van der Waals surface area contributed by atoms with Crippen molar-refractivity contribution in [2.45, 2.75) is 43.5 Å². The van der Waals surface area contributed by atoms with Crippen LogP contribution in [0.2, 0.25) is 0 Å². The number of likely N-dealkylation sites (tertiary alicyclic amines) is 1. The number of unbranched alkanes of at least 4 members (excludes halogenated alkanes) is 1. The molecule has 0 spiro atoms. The summed E-state index contributed by atoms with van der Waals surface area (Å²) in [5.41, 5.74) is 2.21. The smallest absolute Gasteiger partial charge is 0.251 e. The van der Waals surface area contributed by atoms with Crippen molar-refractivity contribution in [3.63, 3.8) is 0 Å². The molecule has 40 heavy (non-hydrogen) atoms. The molecule has 0 saturated carbocycles. The van der Waals surface area contributed by atoms with E-state index in [1.54, 1.807) is 23.2 Å². The number of hydrogen-bond acceptors (Lipinski definition) is 8. The summed E-state index contributed by atoms with van der Waals surface area (Å²) in [6, 6.07) is 9.63. The topological polar surface area (TPSA) is 129 Å². The lowest BCUT2D eigenvalue weighted by Gasteiger charge is -2.28. The zero-order valence-corrected chi connectivity index (χ0v) is 23.2. The monoisotopic (exact) mass is 569 g/mol. The Morgan fingerprint density at radius 2 is 1.82 bits per heavy atom. The Balaban J connectivity index is 1.06. The summed E-state index contributed by atoms with van der Waals surface area (Å²) in [6.45, 7) is 3.65. The number of carbonyl (C=O) groups is 3. The molecule has 4 heterocycles. The molecule has 2 atom stereocenters. The van der Waals surface area contributed by atoms with Gasteiger partial charge >= 0.3 is 0 Å². The van der Waals surface area contributed by atoms with E-state index < -0.39 is 22.1 Å². The van der Waals surface area contributed by atoms with Crippen LogP contribution in [0, 0.1) is 0 Å². The Morgan fingerprint density at radius 1 is 1.05 bits per heavy atom. The maximum absolute atomic E-state index is 13.1. The Labute approximate surface area is 234 Å². The number of pyridine rings is 1. The van der Waals surface area contributed by atoms with E-state index in [2.05, 4.69) is 15.2 Å². The fourth-order valence-corrected chi connectivity index (χ4v) is 7.40. The summed E-state index contributed by atoms with van der Waals surface area (Å²) in [6.07, 6.45) is 4.93. The van der Waals surface area contributed by atoms with E-state index >= 15 is 0 Å². The molecule has 2 amide bonds. The van der Waals surface area contributed by atoms with Crippen molar-refractivity contribution in [3.8, 4) is 0 Å². The molecule has 1 aromatic carbocycles. The molecule has 214 valence electrons. The van der Waals surface area contributed by atoms with E-state index in [0.29, 0.717) is 56.7 Å². The minimum absolute atomic E-state index is 0.155. The van der Waals surface area contributed by atoms with Crippen LogP contribution in [0.4, 0.5) is 5.69 Å². The van der Waals surface area contributed by atoms with Crippen LogP contribution in [0.1, 0.15) is 41.6 Å². The summed E-state index contributed by atoms with van der Waals surface area (Å²) >= 11 is 0. The summed E-state index contributed by atoms with van der Waals surface area (Å²) in [5.74, 6) is -0.782. The van der Waals surface area contributed by atoms with Gasteiger partial charge in [-0.25, -0.2) is 8.42 Å². The van der Waals surface area contributed by atoms with Gasteiger partial charge in [0.1, 0.15) is 6.04 Å². The van der Waals surface area contributed by atoms with Crippen LogP contribution in [0.5, 0.6) is 0 Å². The van der Waals surface area contributed by atoms with Crippen molar-refractivity contribution in [1.82, 2.24) is 19.5 Å². The summed E-state index contributed by atoms with van der Waals surface area (Å²) in [7, 11) is -3.73. The summed E-state index contributed by atoms with van der Waals surface area (Å²) in [4.78, 5) is 46.0. The summed E-state index contributed by atoms with van der Waals surface area (Å²) < 4.78 is 32.8. The number of carbonyl (C=O) groups excluding carboxylic acids is 3. The van der Waals surface area contributed by atoms with Gasteiger partial charge in [-0.15, -0.1) is 0 Å². The number of hydrogen-bond donors (Lipinski definition) is 1. The zero-order chi connectivity index (χ0) is 28.1. The van der Waals surface area contributed by atoms with Gasteiger partial charge in [-0.2, -0.15) is 4.31 Å². The normalized spacial score (nSPS) is 21.4. The van der Waals surface area contributed by atoms with Crippen LogP contribution >= 0.6 is 0 Å². The van der Waals surface area contributed by atoms with Crippen molar-refractivity contribution in [1.29, 1.82) is 0 Å². The molecular weight excluding hydrogens is 534 g/mol. The molecule has 0 bridgehead atoms. The number of benzene rings is 1. The highest BCUT2D eigenvalue weighted by atomic mass is 32.2. The lowest BCUT2D eigenvalue weighted by Crippen LogP contribution is -2.43. The maximum Gasteiger partial charge on any atom is 0.251 e. The van der Waals surface area contributed by atoms with Crippen molar-refractivity contribution in [2.24, 2.45) is 0 Å². The molecule has 1 N–H and O–H groups in total. The Hall–Kier alpha value is -3.35. The SMILES string of the molecule is O=C(NCCCCC(=O)N1CCC2C1C(=O)CN2S(=O)(=O)Cc1cccnc1)c1ccc(N2CCOCC2)cc1. The Bertz CT molecular complexity index is 1310. The molecule has 12 heteroatoms. The number of Topliss-reactive ketones (excluding diaryl/α,β-unsaturated/α-hetero) is 1. The predicted molar refractivity (Wildman–Crippen MR) is 148 cm³/mol. The van der Waals surface area contributed by atoms with Gasteiger partial charge in [0.15, 0.2) is 5.78 Å². The maximum atomic E-state index is 13.1. The number of sulfonamides is 1. The van der Waals surface area contributed by atoms with Gasteiger partial charge in [0.2, 0.25) is 15.9 Å². The Morgan fingerprint density at radius 3 is 2.55 bits per heavy atom. The Kier molecular flexibility index (Phi) is 8.77. The largest absolute Gasteiger partial charge is 0.378 e. The fraction of sp³-hybridized carbons (Fsp3) is 0.500. The number of fused-ring (bicyclic) bond motifs is 1. The number of aromatic nitrogens is 1. The third kappa shape index (κ3) is 6.34.